The molecule has 0 aliphatic rings. The molecule has 1 aromatic carbocycles. The molecular formula is C19H21N3O4. The summed E-state index contributed by atoms with van der Waals surface area (Å²) in [4.78, 5) is 12.4. The zero-order valence-corrected chi connectivity index (χ0v) is 15.2. The van der Waals surface area contributed by atoms with Gasteiger partial charge in [-0.25, -0.2) is 0 Å². The van der Waals surface area contributed by atoms with Crippen LogP contribution in [0, 0.1) is 6.92 Å². The number of hydrogen-bond donors (Lipinski definition) is 1. The van der Waals surface area contributed by atoms with Gasteiger partial charge in [-0.1, -0.05) is 0 Å². The third kappa shape index (κ3) is 3.72. The van der Waals surface area contributed by atoms with Crippen molar-refractivity contribution in [3.05, 3.63) is 59.2 Å². The van der Waals surface area contributed by atoms with Gasteiger partial charge in [-0.3, -0.25) is 9.48 Å². The minimum Gasteiger partial charge on any atom is -0.497 e. The number of carbonyl (C=O) groups is 1. The predicted molar refractivity (Wildman–Crippen MR) is 97.0 cm³/mol. The van der Waals surface area contributed by atoms with E-state index in [0.717, 1.165) is 22.8 Å². The summed E-state index contributed by atoms with van der Waals surface area (Å²) >= 11 is 0. The first-order chi connectivity index (χ1) is 12.5. The topological polar surface area (TPSA) is 78.5 Å². The van der Waals surface area contributed by atoms with Gasteiger partial charge in [0.05, 0.1) is 19.9 Å². The summed E-state index contributed by atoms with van der Waals surface area (Å²) in [5.41, 5.74) is 1.74. The molecule has 0 fully saturated rings. The zero-order chi connectivity index (χ0) is 18.7. The van der Waals surface area contributed by atoms with E-state index in [1.807, 2.05) is 25.1 Å². The monoisotopic (exact) mass is 355 g/mol. The van der Waals surface area contributed by atoms with Gasteiger partial charge in [0, 0.05) is 25.1 Å². The van der Waals surface area contributed by atoms with Gasteiger partial charge < -0.3 is 19.2 Å². The van der Waals surface area contributed by atoms with Crippen molar-refractivity contribution in [3.8, 4) is 11.5 Å². The van der Waals surface area contributed by atoms with Crippen LogP contribution >= 0.6 is 0 Å². The molecule has 0 aliphatic heterocycles. The first-order valence-corrected chi connectivity index (χ1v) is 8.11. The smallest absolute Gasteiger partial charge is 0.292 e. The van der Waals surface area contributed by atoms with Crippen molar-refractivity contribution < 1.29 is 18.7 Å². The maximum absolute atomic E-state index is 12.4. The molecule has 0 atom stereocenters. The van der Waals surface area contributed by atoms with E-state index in [9.17, 15) is 4.79 Å². The molecule has 0 bridgehead atoms. The zero-order valence-electron chi connectivity index (χ0n) is 15.2. The van der Waals surface area contributed by atoms with Gasteiger partial charge in [0.25, 0.3) is 5.91 Å². The normalized spacial score (nSPS) is 10.6. The Balaban J connectivity index is 1.76. The Morgan fingerprint density at radius 2 is 2.00 bits per heavy atom. The van der Waals surface area contributed by atoms with Crippen LogP contribution in [0.3, 0.4) is 0 Å². The van der Waals surface area contributed by atoms with Crippen LogP contribution in [0.4, 0.5) is 5.82 Å². The van der Waals surface area contributed by atoms with E-state index in [2.05, 4.69) is 10.4 Å². The lowest BCUT2D eigenvalue weighted by Gasteiger charge is -2.09. The van der Waals surface area contributed by atoms with Crippen molar-refractivity contribution in [2.75, 3.05) is 19.5 Å². The second-order valence-electron chi connectivity index (χ2n) is 5.87. The Hall–Kier alpha value is -3.22. The lowest BCUT2D eigenvalue weighted by atomic mass is 10.1. The number of furan rings is 1. The number of methoxy groups -OCH3 is 2. The Morgan fingerprint density at radius 3 is 2.65 bits per heavy atom. The fraction of sp³-hybridized carbons (Fsp3) is 0.263. The molecule has 7 nitrogen and oxygen atoms in total. The molecule has 3 rings (SSSR count). The number of ether oxygens (including phenoxy) is 2. The van der Waals surface area contributed by atoms with Gasteiger partial charge in [0.2, 0.25) is 0 Å². The molecule has 2 heterocycles. The van der Waals surface area contributed by atoms with Crippen molar-refractivity contribution in [2.45, 2.75) is 13.3 Å². The average Bonchev–Trinajstić information content (AvgIpc) is 3.21. The lowest BCUT2D eigenvalue weighted by Crippen LogP contribution is -2.13. The Kier molecular flexibility index (Phi) is 4.97. The molecule has 2 aromatic heterocycles. The number of rotatable bonds is 6. The molecule has 0 radical (unpaired) electrons. The molecule has 3 aromatic rings. The number of amides is 1. The van der Waals surface area contributed by atoms with E-state index in [4.69, 9.17) is 13.9 Å². The lowest BCUT2D eigenvalue weighted by molar-refractivity contribution is 0.0994. The van der Waals surface area contributed by atoms with Gasteiger partial charge in [0.1, 0.15) is 23.1 Å². The molecule has 0 saturated carbocycles. The van der Waals surface area contributed by atoms with Crippen molar-refractivity contribution in [1.29, 1.82) is 0 Å². The van der Waals surface area contributed by atoms with Crippen LogP contribution in [0.1, 0.15) is 27.6 Å². The third-order valence-corrected chi connectivity index (χ3v) is 3.98. The van der Waals surface area contributed by atoms with E-state index in [-0.39, 0.29) is 11.7 Å². The second-order valence-corrected chi connectivity index (χ2v) is 5.87. The molecule has 26 heavy (non-hydrogen) atoms. The highest BCUT2D eigenvalue weighted by molar-refractivity contribution is 6.01. The maximum atomic E-state index is 12.4. The van der Waals surface area contributed by atoms with E-state index in [0.29, 0.717) is 18.0 Å². The summed E-state index contributed by atoms with van der Waals surface area (Å²) < 4.78 is 17.9. The summed E-state index contributed by atoms with van der Waals surface area (Å²) in [5.74, 6) is 2.65. The molecule has 136 valence electrons. The largest absolute Gasteiger partial charge is 0.497 e. The van der Waals surface area contributed by atoms with E-state index >= 15 is 0 Å². The van der Waals surface area contributed by atoms with Crippen LogP contribution < -0.4 is 14.8 Å². The van der Waals surface area contributed by atoms with E-state index in [1.165, 1.54) is 0 Å². The van der Waals surface area contributed by atoms with Gasteiger partial charge in [0.15, 0.2) is 5.76 Å². The molecule has 0 spiro atoms. The summed E-state index contributed by atoms with van der Waals surface area (Å²) in [5, 5.41) is 6.99. The highest BCUT2D eigenvalue weighted by atomic mass is 16.5. The molecule has 7 heteroatoms. The number of aromatic nitrogens is 2. The van der Waals surface area contributed by atoms with Crippen LogP contribution in [0.25, 0.3) is 0 Å². The van der Waals surface area contributed by atoms with Crippen molar-refractivity contribution in [1.82, 2.24) is 9.78 Å². The quantitative estimate of drug-likeness (QED) is 0.735. The number of nitrogens with one attached hydrogen (secondary N) is 1. The van der Waals surface area contributed by atoms with Crippen LogP contribution in [-0.4, -0.2) is 29.9 Å². The number of hydrogen-bond acceptors (Lipinski definition) is 5. The Labute approximate surface area is 151 Å². The number of aryl methyl sites for hydroxylation is 2. The van der Waals surface area contributed by atoms with Crippen molar-refractivity contribution >= 4 is 11.7 Å². The molecule has 0 aliphatic carbocycles. The number of carbonyl (C=O) groups excluding carboxylic acids is 1. The molecule has 0 saturated heterocycles. The van der Waals surface area contributed by atoms with Gasteiger partial charge in [-0.15, -0.1) is 0 Å². The summed E-state index contributed by atoms with van der Waals surface area (Å²) in [6.07, 6.45) is 0.485. The number of nitrogens with zero attached hydrogens (tertiary/aromatic N) is 2. The summed E-state index contributed by atoms with van der Waals surface area (Å²) in [6, 6.07) is 10.8. The fourth-order valence-electron chi connectivity index (χ4n) is 2.71. The molecular weight excluding hydrogens is 334 g/mol. The SMILES string of the molecule is COc1ccc(OC)c(Cc2ccc(C(=O)Nc3cc(C)nn3C)o2)c1. The van der Waals surface area contributed by atoms with Crippen molar-refractivity contribution in [3.63, 3.8) is 0 Å². The van der Waals surface area contributed by atoms with Crippen LogP contribution in [-0.2, 0) is 13.5 Å². The third-order valence-electron chi connectivity index (χ3n) is 3.98. The minimum atomic E-state index is -0.322. The standard InChI is InChI=1S/C19H21N3O4/c1-12-9-18(22(2)21-12)20-19(23)17-8-6-15(26-17)11-13-10-14(24-3)5-7-16(13)25-4/h5-10H,11H2,1-4H3,(H,20,23). The minimum absolute atomic E-state index is 0.237. The average molecular weight is 355 g/mol. The highest BCUT2D eigenvalue weighted by Gasteiger charge is 2.15. The first-order valence-electron chi connectivity index (χ1n) is 8.11. The van der Waals surface area contributed by atoms with Gasteiger partial charge in [-0.05, 0) is 37.3 Å². The van der Waals surface area contributed by atoms with Gasteiger partial charge >= 0.3 is 0 Å². The Bertz CT molecular complexity index is 927. The van der Waals surface area contributed by atoms with E-state index < -0.39 is 0 Å². The number of benzene rings is 1. The maximum Gasteiger partial charge on any atom is 0.292 e. The number of anilines is 1. The molecule has 1 amide bonds. The van der Waals surface area contributed by atoms with Crippen molar-refractivity contribution in [2.24, 2.45) is 7.05 Å². The summed E-state index contributed by atoms with van der Waals surface area (Å²) in [7, 11) is 4.99. The van der Waals surface area contributed by atoms with Crippen LogP contribution in [0.5, 0.6) is 11.5 Å². The molecule has 1 N–H and O–H groups in total. The van der Waals surface area contributed by atoms with E-state index in [1.54, 1.807) is 44.1 Å². The van der Waals surface area contributed by atoms with Crippen LogP contribution in [0.15, 0.2) is 40.8 Å². The highest BCUT2D eigenvalue weighted by Crippen LogP contribution is 2.27. The molecule has 0 unspecified atom stereocenters. The second kappa shape index (κ2) is 7.35. The van der Waals surface area contributed by atoms with Gasteiger partial charge in [-0.2, -0.15) is 5.10 Å². The Morgan fingerprint density at radius 1 is 1.19 bits per heavy atom. The summed E-state index contributed by atoms with van der Waals surface area (Å²) in [6.45, 7) is 1.86. The van der Waals surface area contributed by atoms with Crippen LogP contribution in [0.2, 0.25) is 0 Å². The predicted octanol–water partition coefficient (Wildman–Crippen LogP) is 3.18. The fourth-order valence-corrected chi connectivity index (χ4v) is 2.71. The first kappa shape index (κ1) is 17.6.